The maximum Gasteiger partial charge on any atom is 0.485 e. The molecule has 0 saturated heterocycles. The molecule has 0 spiro atoms. The summed E-state index contributed by atoms with van der Waals surface area (Å²) in [7, 11) is -6.09. The zero-order valence-electron chi connectivity index (χ0n) is 18.7. The van der Waals surface area contributed by atoms with E-state index in [1.165, 1.54) is 31.1 Å². The third-order valence-electron chi connectivity index (χ3n) is 4.42. The summed E-state index contributed by atoms with van der Waals surface area (Å²) in [6.07, 6.45) is 0. The van der Waals surface area contributed by atoms with Crippen LogP contribution in [-0.2, 0) is 29.8 Å². The van der Waals surface area contributed by atoms with Crippen LogP contribution >= 0.6 is 0 Å². The molecule has 0 atom stereocenters. The number of alkyl halides is 5. The smallest absolute Gasteiger partial charge is 0.485 e. The molecule has 0 aliphatic carbocycles. The van der Waals surface area contributed by atoms with Crippen molar-refractivity contribution >= 4 is 10.1 Å². The first kappa shape index (κ1) is 27.9. The zero-order chi connectivity index (χ0) is 24.1. The lowest BCUT2D eigenvalue weighted by molar-refractivity contribution is -0.686. The van der Waals surface area contributed by atoms with E-state index in [2.05, 4.69) is 90.1 Å². The van der Waals surface area contributed by atoms with Crippen LogP contribution in [0.5, 0.6) is 0 Å². The summed E-state index contributed by atoms with van der Waals surface area (Å²) in [6.45, 7) is 13.6. The Bertz CT molecular complexity index is 865. The Balaban J connectivity index is 0.000000512. The fraction of sp³-hybridized carbons (Fsp3) is 0.478. The first-order chi connectivity index (χ1) is 13.9. The van der Waals surface area contributed by atoms with Crippen LogP contribution in [0.1, 0.15) is 63.8 Å². The van der Waals surface area contributed by atoms with Crippen molar-refractivity contribution in [3.8, 4) is 0 Å². The highest BCUT2D eigenvalue weighted by Gasteiger charge is 2.36. The van der Waals surface area contributed by atoms with Gasteiger partial charge in [0.15, 0.2) is 19.0 Å². The molecule has 0 heterocycles. The average molecular weight is 570 g/mol. The molecule has 0 amide bonds. The quantitative estimate of drug-likeness (QED) is 0.246. The lowest BCUT2D eigenvalue weighted by atomic mass is 9.87. The number of hydrogen-bond acceptors (Lipinski definition) is 3. The van der Waals surface area contributed by atoms with Gasteiger partial charge >= 0.3 is 5.51 Å². The van der Waals surface area contributed by atoms with E-state index in [0.29, 0.717) is 0 Å². The summed E-state index contributed by atoms with van der Waals surface area (Å²) in [4.78, 5) is 0. The first-order valence-corrected chi connectivity index (χ1v) is 14.1. The van der Waals surface area contributed by atoms with E-state index in [1.54, 1.807) is 0 Å². The molecule has 2 rings (SSSR count). The summed E-state index contributed by atoms with van der Waals surface area (Å²) in [5.41, 5.74) is 0.710. The third-order valence-corrected chi connectivity index (χ3v) is 7.83. The first-order valence-electron chi connectivity index (χ1n) is 9.66. The van der Waals surface area contributed by atoms with Gasteiger partial charge in [-0.3, -0.25) is 0 Å². The van der Waals surface area contributed by atoms with Crippen molar-refractivity contribution in [2.75, 3.05) is 0 Å². The van der Waals surface area contributed by atoms with Gasteiger partial charge in [-0.05, 0) is 33.1 Å². The van der Waals surface area contributed by atoms with Crippen LogP contribution in [0.2, 0.25) is 0 Å². The van der Waals surface area contributed by atoms with Crippen LogP contribution in [0.4, 0.5) is 13.2 Å². The van der Waals surface area contributed by atoms with Crippen molar-refractivity contribution < 1.29 is 47.3 Å². The molecule has 2 aromatic carbocycles. The fourth-order valence-electron chi connectivity index (χ4n) is 2.45. The van der Waals surface area contributed by atoms with Gasteiger partial charge in [-0.25, -0.2) is 8.42 Å². The topological polar surface area (TPSA) is 57.2 Å². The van der Waals surface area contributed by atoms with Crippen LogP contribution in [0.15, 0.2) is 48.5 Å². The largest absolute Gasteiger partial charge is 0.741 e. The molecule has 0 fully saturated rings. The highest BCUT2D eigenvalue weighted by Crippen LogP contribution is 2.23. The van der Waals surface area contributed by atoms with Crippen LogP contribution in [0.3, 0.4) is 0 Å². The SMILES string of the molecule is CC(C)(C)c1ccc(C[I+]Cc2ccc(C(C)(C)C)cc2)cc1.O=S(=O)([O-])C(F)(F)F. The van der Waals surface area contributed by atoms with Crippen molar-refractivity contribution in [3.63, 3.8) is 0 Å². The van der Waals surface area contributed by atoms with Crippen LogP contribution in [0, 0.1) is 0 Å². The Labute approximate surface area is 194 Å². The van der Waals surface area contributed by atoms with Crippen molar-refractivity contribution in [1.82, 2.24) is 0 Å². The molecule has 31 heavy (non-hydrogen) atoms. The van der Waals surface area contributed by atoms with E-state index in [1.807, 2.05) is 0 Å². The van der Waals surface area contributed by atoms with E-state index in [0.717, 1.165) is 0 Å². The lowest BCUT2D eigenvalue weighted by Crippen LogP contribution is -3.61. The molecular weight excluding hydrogens is 540 g/mol. The molecule has 8 heteroatoms. The maximum atomic E-state index is 10.7. The second-order valence-electron chi connectivity index (χ2n) is 9.25. The van der Waals surface area contributed by atoms with E-state index in [9.17, 15) is 13.2 Å². The molecule has 0 aliphatic heterocycles. The lowest BCUT2D eigenvalue weighted by Gasteiger charge is -2.18. The molecular formula is C23H30F3IO3S. The minimum atomic E-state index is -6.09. The predicted octanol–water partition coefficient (Wildman–Crippen LogP) is 3.12. The van der Waals surface area contributed by atoms with Crippen molar-refractivity contribution in [1.29, 1.82) is 0 Å². The van der Waals surface area contributed by atoms with Gasteiger partial charge in [-0.2, -0.15) is 13.2 Å². The van der Waals surface area contributed by atoms with Gasteiger partial charge in [0.25, 0.3) is 21.2 Å². The molecule has 0 aromatic heterocycles. The maximum absolute atomic E-state index is 10.7. The molecule has 0 unspecified atom stereocenters. The van der Waals surface area contributed by atoms with Gasteiger partial charge in [-0.1, -0.05) is 90.1 Å². The fourth-order valence-corrected chi connectivity index (χ4v) is 4.99. The molecule has 174 valence electrons. The second-order valence-corrected chi connectivity index (χ2v) is 13.2. The summed E-state index contributed by atoms with van der Waals surface area (Å²) in [5.74, 6) is 0. The second kappa shape index (κ2) is 10.7. The van der Waals surface area contributed by atoms with E-state index >= 15 is 0 Å². The number of rotatable bonds is 4. The Morgan fingerprint density at radius 1 is 0.710 bits per heavy atom. The standard InChI is InChI=1S/C22H30I.CHF3O3S/c1-21(2,3)19-11-7-17(8-12-19)15-23-16-18-9-13-20(14-10-18)22(4,5)6;2-1(3,4)8(5,6)7/h7-14H,15-16H2,1-6H3;(H,5,6,7)/q+1;/p-1. The molecule has 0 radical (unpaired) electrons. The summed E-state index contributed by atoms with van der Waals surface area (Å²) in [6, 6.07) is 18.5. The summed E-state index contributed by atoms with van der Waals surface area (Å²) < 4.78 is 61.4. The highest BCUT2D eigenvalue weighted by molar-refractivity contribution is 7.86. The van der Waals surface area contributed by atoms with Gasteiger partial charge in [0.2, 0.25) is 0 Å². The van der Waals surface area contributed by atoms with Crippen molar-refractivity contribution in [2.45, 2.75) is 66.7 Å². The normalized spacial score (nSPS) is 12.8. The average Bonchev–Trinajstić information content (AvgIpc) is 2.60. The summed E-state index contributed by atoms with van der Waals surface area (Å²) >= 11 is 0.190. The molecule has 0 aliphatic rings. The van der Waals surface area contributed by atoms with E-state index in [4.69, 9.17) is 13.0 Å². The van der Waals surface area contributed by atoms with Crippen molar-refractivity contribution in [2.24, 2.45) is 0 Å². The minimum absolute atomic E-state index is 0.190. The third kappa shape index (κ3) is 9.91. The van der Waals surface area contributed by atoms with Gasteiger partial charge in [-0.15, -0.1) is 0 Å². The van der Waals surface area contributed by atoms with Crippen LogP contribution < -0.4 is 21.2 Å². The summed E-state index contributed by atoms with van der Waals surface area (Å²) in [5, 5.41) is 0. The minimum Gasteiger partial charge on any atom is -0.741 e. The monoisotopic (exact) mass is 570 g/mol. The van der Waals surface area contributed by atoms with E-state index < -0.39 is 15.6 Å². The molecule has 0 N–H and O–H groups in total. The molecule has 0 saturated carbocycles. The van der Waals surface area contributed by atoms with E-state index in [-0.39, 0.29) is 32.0 Å². The Kier molecular flexibility index (Phi) is 9.59. The molecule has 3 nitrogen and oxygen atoms in total. The zero-order valence-corrected chi connectivity index (χ0v) is 21.7. The Hall–Kier alpha value is -1.13. The number of hydrogen-bond donors (Lipinski definition) is 0. The van der Waals surface area contributed by atoms with Gasteiger partial charge < -0.3 is 4.55 Å². The number of halogens is 4. The Morgan fingerprint density at radius 2 is 0.968 bits per heavy atom. The van der Waals surface area contributed by atoms with Gasteiger partial charge in [0, 0.05) is 0 Å². The number of benzene rings is 2. The highest BCUT2D eigenvalue weighted by atomic mass is 127. The predicted molar refractivity (Wildman–Crippen MR) is 113 cm³/mol. The molecule has 2 aromatic rings. The van der Waals surface area contributed by atoms with Crippen molar-refractivity contribution in [3.05, 3.63) is 70.8 Å². The Morgan fingerprint density at radius 3 is 1.16 bits per heavy atom. The van der Waals surface area contributed by atoms with Crippen LogP contribution in [0.25, 0.3) is 0 Å². The van der Waals surface area contributed by atoms with Gasteiger partial charge in [0.05, 0.1) is 0 Å². The van der Waals surface area contributed by atoms with Crippen LogP contribution in [-0.4, -0.2) is 18.5 Å². The van der Waals surface area contributed by atoms with Gasteiger partial charge in [0.1, 0.15) is 0 Å². The molecule has 0 bridgehead atoms.